The Hall–Kier alpha value is -2.19. The minimum atomic E-state index is -3.52. The second kappa shape index (κ2) is 8.01. The molecule has 0 saturated heterocycles. The van der Waals surface area contributed by atoms with Crippen molar-refractivity contribution in [1.82, 2.24) is 13.9 Å². The van der Waals surface area contributed by atoms with Crippen LogP contribution in [0.1, 0.15) is 32.1 Å². The first-order chi connectivity index (χ1) is 12.5. The summed E-state index contributed by atoms with van der Waals surface area (Å²) in [6.07, 6.45) is 10.0. The SMILES string of the molecule is CN(C1CCCCC1)S(=O)(=O)c1ccc(NC(=O)Cn2ccnc2)cc1. The number of nitrogens with zero attached hydrogens (tertiary/aromatic N) is 3. The summed E-state index contributed by atoms with van der Waals surface area (Å²) in [4.78, 5) is 16.1. The van der Waals surface area contributed by atoms with Gasteiger partial charge >= 0.3 is 0 Å². The van der Waals surface area contributed by atoms with Crippen molar-refractivity contribution in [2.24, 2.45) is 0 Å². The maximum absolute atomic E-state index is 12.8. The summed E-state index contributed by atoms with van der Waals surface area (Å²) in [6.45, 7) is 0.157. The standard InChI is InChI=1S/C18H24N4O3S/c1-21(16-5-3-2-4-6-16)26(24,25)17-9-7-15(8-10-17)20-18(23)13-22-12-11-19-14-22/h7-12,14,16H,2-6,13H2,1H3,(H,20,23). The van der Waals surface area contributed by atoms with Crippen LogP contribution in [0.3, 0.4) is 0 Å². The molecule has 1 amide bonds. The topological polar surface area (TPSA) is 84.3 Å². The molecule has 0 radical (unpaired) electrons. The minimum absolute atomic E-state index is 0.0725. The van der Waals surface area contributed by atoms with Gasteiger partial charge < -0.3 is 9.88 Å². The number of sulfonamides is 1. The van der Waals surface area contributed by atoms with E-state index < -0.39 is 10.0 Å². The fourth-order valence-corrected chi connectivity index (χ4v) is 4.68. The van der Waals surface area contributed by atoms with E-state index in [9.17, 15) is 13.2 Å². The first-order valence-electron chi connectivity index (χ1n) is 8.80. The van der Waals surface area contributed by atoms with Gasteiger partial charge in [-0.25, -0.2) is 13.4 Å². The maximum atomic E-state index is 12.8. The number of hydrogen-bond acceptors (Lipinski definition) is 4. The molecular formula is C18H24N4O3S. The van der Waals surface area contributed by atoms with E-state index in [2.05, 4.69) is 10.3 Å². The van der Waals surface area contributed by atoms with Crippen molar-refractivity contribution in [3.63, 3.8) is 0 Å². The molecule has 0 unspecified atom stereocenters. The normalized spacial score (nSPS) is 15.9. The summed E-state index contributed by atoms with van der Waals surface area (Å²) in [7, 11) is -1.86. The molecule has 0 spiro atoms. The Morgan fingerprint density at radius 1 is 1.23 bits per heavy atom. The van der Waals surface area contributed by atoms with Gasteiger partial charge in [-0.3, -0.25) is 4.79 Å². The van der Waals surface area contributed by atoms with Crippen molar-refractivity contribution >= 4 is 21.6 Å². The number of hydrogen-bond donors (Lipinski definition) is 1. The molecule has 1 aromatic carbocycles. The Balaban J connectivity index is 1.65. The Morgan fingerprint density at radius 2 is 1.92 bits per heavy atom. The molecule has 1 saturated carbocycles. The van der Waals surface area contributed by atoms with Gasteiger partial charge in [-0.15, -0.1) is 0 Å². The Bertz CT molecular complexity index is 826. The number of carbonyl (C=O) groups is 1. The summed E-state index contributed by atoms with van der Waals surface area (Å²) >= 11 is 0. The van der Waals surface area contributed by atoms with Crippen LogP contribution in [0.5, 0.6) is 0 Å². The summed E-state index contributed by atoms with van der Waals surface area (Å²) in [6, 6.07) is 6.40. The molecule has 8 heteroatoms. The van der Waals surface area contributed by atoms with Crippen LogP contribution in [-0.4, -0.2) is 41.3 Å². The molecule has 1 aromatic heterocycles. The Kier molecular flexibility index (Phi) is 5.73. The number of amides is 1. The van der Waals surface area contributed by atoms with Crippen LogP contribution in [-0.2, 0) is 21.4 Å². The van der Waals surface area contributed by atoms with Gasteiger partial charge in [0, 0.05) is 31.2 Å². The number of rotatable bonds is 6. The largest absolute Gasteiger partial charge is 0.328 e. The fourth-order valence-electron chi connectivity index (χ4n) is 3.26. The molecule has 7 nitrogen and oxygen atoms in total. The Labute approximate surface area is 154 Å². The van der Waals surface area contributed by atoms with E-state index in [4.69, 9.17) is 0 Å². The molecular weight excluding hydrogens is 352 g/mol. The summed E-state index contributed by atoms with van der Waals surface area (Å²) < 4.78 is 28.8. The molecule has 0 aliphatic heterocycles. The van der Waals surface area contributed by atoms with Crippen molar-refractivity contribution in [2.75, 3.05) is 12.4 Å². The molecule has 1 heterocycles. The van der Waals surface area contributed by atoms with E-state index in [1.165, 1.54) is 10.7 Å². The van der Waals surface area contributed by atoms with Crippen LogP contribution < -0.4 is 5.32 Å². The number of anilines is 1. The summed E-state index contributed by atoms with van der Waals surface area (Å²) in [5.41, 5.74) is 0.564. The Morgan fingerprint density at radius 3 is 2.54 bits per heavy atom. The zero-order valence-corrected chi connectivity index (χ0v) is 15.7. The fraction of sp³-hybridized carbons (Fsp3) is 0.444. The average molecular weight is 376 g/mol. The first-order valence-corrected chi connectivity index (χ1v) is 10.2. The zero-order chi connectivity index (χ0) is 18.6. The third-order valence-electron chi connectivity index (χ3n) is 4.79. The lowest BCUT2D eigenvalue weighted by molar-refractivity contribution is -0.116. The molecule has 140 valence electrons. The van der Waals surface area contributed by atoms with Gasteiger partial charge in [0.15, 0.2) is 0 Å². The molecule has 0 atom stereocenters. The molecule has 3 rings (SSSR count). The quantitative estimate of drug-likeness (QED) is 0.839. The minimum Gasteiger partial charge on any atom is -0.328 e. The molecule has 1 fully saturated rings. The van der Waals surface area contributed by atoms with E-state index in [1.54, 1.807) is 54.6 Å². The second-order valence-corrected chi connectivity index (χ2v) is 8.62. The number of imidazole rings is 1. The van der Waals surface area contributed by atoms with E-state index in [1.807, 2.05) is 0 Å². The van der Waals surface area contributed by atoms with Gasteiger partial charge in [-0.1, -0.05) is 19.3 Å². The highest BCUT2D eigenvalue weighted by Crippen LogP contribution is 2.26. The second-order valence-electron chi connectivity index (χ2n) is 6.62. The predicted molar refractivity (Wildman–Crippen MR) is 99.1 cm³/mol. The lowest BCUT2D eigenvalue weighted by Crippen LogP contribution is -2.38. The van der Waals surface area contributed by atoms with E-state index in [0.717, 1.165) is 25.7 Å². The highest BCUT2D eigenvalue weighted by atomic mass is 32.2. The highest BCUT2D eigenvalue weighted by Gasteiger charge is 2.28. The molecule has 1 aliphatic carbocycles. The van der Waals surface area contributed by atoms with Gasteiger partial charge in [0.05, 0.1) is 11.2 Å². The number of aromatic nitrogens is 2. The van der Waals surface area contributed by atoms with Gasteiger partial charge in [-0.2, -0.15) is 4.31 Å². The van der Waals surface area contributed by atoms with E-state index in [-0.39, 0.29) is 23.4 Å². The van der Waals surface area contributed by atoms with Crippen molar-refractivity contribution in [2.45, 2.75) is 49.6 Å². The maximum Gasteiger partial charge on any atom is 0.244 e. The van der Waals surface area contributed by atoms with Crippen molar-refractivity contribution in [3.8, 4) is 0 Å². The first kappa shape index (κ1) is 18.6. The van der Waals surface area contributed by atoms with Gasteiger partial charge in [-0.05, 0) is 37.1 Å². The number of benzene rings is 1. The zero-order valence-electron chi connectivity index (χ0n) is 14.8. The van der Waals surface area contributed by atoms with Gasteiger partial charge in [0.1, 0.15) is 6.54 Å². The predicted octanol–water partition coefficient (Wildman–Crippen LogP) is 2.48. The molecule has 0 bridgehead atoms. The van der Waals surface area contributed by atoms with Crippen molar-refractivity contribution in [1.29, 1.82) is 0 Å². The number of nitrogens with one attached hydrogen (secondary N) is 1. The molecule has 26 heavy (non-hydrogen) atoms. The molecule has 2 aromatic rings. The third kappa shape index (κ3) is 4.31. The van der Waals surface area contributed by atoms with E-state index in [0.29, 0.717) is 5.69 Å². The van der Waals surface area contributed by atoms with Crippen LogP contribution in [0.2, 0.25) is 0 Å². The van der Waals surface area contributed by atoms with Crippen LogP contribution >= 0.6 is 0 Å². The number of carbonyl (C=O) groups excluding carboxylic acids is 1. The average Bonchev–Trinajstić information content (AvgIpc) is 3.15. The monoisotopic (exact) mass is 376 g/mol. The van der Waals surface area contributed by atoms with Crippen LogP contribution in [0, 0.1) is 0 Å². The molecule has 1 aliphatic rings. The van der Waals surface area contributed by atoms with Crippen molar-refractivity contribution < 1.29 is 13.2 Å². The van der Waals surface area contributed by atoms with Crippen LogP contribution in [0.25, 0.3) is 0 Å². The van der Waals surface area contributed by atoms with Crippen LogP contribution in [0.15, 0.2) is 47.9 Å². The summed E-state index contributed by atoms with van der Waals surface area (Å²) in [5.74, 6) is -0.196. The molecule has 1 N–H and O–H groups in total. The van der Waals surface area contributed by atoms with Gasteiger partial charge in [0.25, 0.3) is 0 Å². The highest BCUT2D eigenvalue weighted by molar-refractivity contribution is 7.89. The lowest BCUT2D eigenvalue weighted by Gasteiger charge is -2.30. The van der Waals surface area contributed by atoms with E-state index >= 15 is 0 Å². The van der Waals surface area contributed by atoms with Crippen molar-refractivity contribution in [3.05, 3.63) is 43.0 Å². The van der Waals surface area contributed by atoms with Crippen LogP contribution in [0.4, 0.5) is 5.69 Å². The smallest absolute Gasteiger partial charge is 0.244 e. The third-order valence-corrected chi connectivity index (χ3v) is 6.71. The lowest BCUT2D eigenvalue weighted by atomic mass is 9.96. The summed E-state index contributed by atoms with van der Waals surface area (Å²) in [5, 5.41) is 2.76. The van der Waals surface area contributed by atoms with Gasteiger partial charge in [0.2, 0.25) is 15.9 Å².